The maximum Gasteiger partial charge on any atom is 0.114 e. The van der Waals surface area contributed by atoms with Crippen molar-refractivity contribution in [1.82, 2.24) is 0 Å². The van der Waals surface area contributed by atoms with Crippen molar-refractivity contribution in [2.75, 3.05) is 0 Å². The molecule has 2 N–H and O–H groups in total. The van der Waals surface area contributed by atoms with Gasteiger partial charge < -0.3 is 5.73 Å². The molecule has 1 nitrogen and oxygen atoms in total. The second-order valence-corrected chi connectivity index (χ2v) is 2.88. The maximum atomic E-state index is 5.71. The molecule has 1 atom stereocenters. The molecular weight excluding hydrogens is 133 g/mol. The monoisotopic (exact) mass is 145 g/mol. The number of hydrogen-bond acceptors (Lipinski definition) is 1. The molecule has 0 amide bonds. The first-order chi connectivity index (χ1) is 5.20. The van der Waals surface area contributed by atoms with Gasteiger partial charge in [0.2, 0.25) is 0 Å². The van der Waals surface area contributed by atoms with Crippen LogP contribution in [0.4, 0.5) is 0 Å². The Hall–Kier alpha value is -0.755. The van der Waals surface area contributed by atoms with Gasteiger partial charge in [0, 0.05) is 6.04 Å². The molecule has 2 radical (unpaired) electrons. The van der Waals surface area contributed by atoms with Gasteiger partial charge in [-0.25, -0.2) is 0 Å². The van der Waals surface area contributed by atoms with E-state index in [9.17, 15) is 0 Å². The van der Waals surface area contributed by atoms with Crippen LogP contribution in [0.25, 0.3) is 0 Å². The molecule has 0 aliphatic rings. The molecule has 2 heteroatoms. The Morgan fingerprint density at radius 2 is 2.09 bits per heavy atom. The molecule has 0 fully saturated rings. The quantitative estimate of drug-likeness (QED) is 0.597. The fraction of sp³-hybridized carbons (Fsp3) is 0.333. The van der Waals surface area contributed by atoms with Gasteiger partial charge in [0.15, 0.2) is 0 Å². The summed E-state index contributed by atoms with van der Waals surface area (Å²) in [4.78, 5) is 0. The van der Waals surface area contributed by atoms with E-state index in [1.54, 1.807) is 0 Å². The molecule has 56 valence electrons. The molecule has 11 heavy (non-hydrogen) atoms. The minimum absolute atomic E-state index is 0.180. The average molecular weight is 145 g/mol. The van der Waals surface area contributed by atoms with Crippen molar-refractivity contribution in [3.63, 3.8) is 0 Å². The van der Waals surface area contributed by atoms with Gasteiger partial charge in [0.25, 0.3) is 0 Å². The van der Waals surface area contributed by atoms with Gasteiger partial charge >= 0.3 is 0 Å². The third-order valence-electron chi connectivity index (χ3n) is 1.60. The summed E-state index contributed by atoms with van der Waals surface area (Å²) in [5.41, 5.74) is 7.62. The van der Waals surface area contributed by atoms with Crippen LogP contribution >= 0.6 is 0 Å². The van der Waals surface area contributed by atoms with E-state index in [1.165, 1.54) is 0 Å². The lowest BCUT2D eigenvalue weighted by atomic mass is 9.88. The van der Waals surface area contributed by atoms with E-state index in [0.29, 0.717) is 0 Å². The van der Waals surface area contributed by atoms with Gasteiger partial charge in [-0.2, -0.15) is 0 Å². The summed E-state index contributed by atoms with van der Waals surface area (Å²) in [5.74, 6) is 0. The minimum Gasteiger partial charge on any atom is -0.328 e. The molecule has 0 heterocycles. The van der Waals surface area contributed by atoms with E-state index in [0.717, 1.165) is 17.4 Å². The van der Waals surface area contributed by atoms with Gasteiger partial charge in [-0.3, -0.25) is 0 Å². The molecule has 1 aromatic carbocycles. The molecule has 1 rings (SSSR count). The van der Waals surface area contributed by atoms with Crippen LogP contribution in [-0.4, -0.2) is 13.9 Å². The highest BCUT2D eigenvalue weighted by atomic mass is 14.6. The lowest BCUT2D eigenvalue weighted by Gasteiger charge is -2.07. The lowest BCUT2D eigenvalue weighted by Crippen LogP contribution is -2.22. The van der Waals surface area contributed by atoms with Crippen LogP contribution in [0, 0.1) is 0 Å². The van der Waals surface area contributed by atoms with Crippen LogP contribution in [0.1, 0.15) is 12.5 Å². The Bertz CT molecular complexity index is 233. The first-order valence-electron chi connectivity index (χ1n) is 3.79. The zero-order valence-corrected chi connectivity index (χ0v) is 6.75. The summed E-state index contributed by atoms with van der Waals surface area (Å²) in [5, 5.41) is 0. The highest BCUT2D eigenvalue weighted by Gasteiger charge is 1.98. The molecule has 0 bridgehead atoms. The van der Waals surface area contributed by atoms with Gasteiger partial charge in [0.1, 0.15) is 7.85 Å². The van der Waals surface area contributed by atoms with E-state index in [-0.39, 0.29) is 6.04 Å². The first-order valence-corrected chi connectivity index (χ1v) is 3.79. The first kappa shape index (κ1) is 8.34. The number of rotatable bonds is 2. The summed E-state index contributed by atoms with van der Waals surface area (Å²) in [6.45, 7) is 1.98. The fourth-order valence-corrected chi connectivity index (χ4v) is 1.07. The molecule has 0 aliphatic carbocycles. The third-order valence-corrected chi connectivity index (χ3v) is 1.60. The Morgan fingerprint density at radius 3 is 2.64 bits per heavy atom. The molecule has 1 unspecified atom stereocenters. The number of hydrogen-bond donors (Lipinski definition) is 1. The topological polar surface area (TPSA) is 26.0 Å². The van der Waals surface area contributed by atoms with Crippen LogP contribution in [0.2, 0.25) is 0 Å². The number of benzene rings is 1. The fourth-order valence-electron chi connectivity index (χ4n) is 1.07. The Kier molecular flexibility index (Phi) is 2.72. The molecule has 0 spiro atoms. The molecule has 0 aliphatic heterocycles. The van der Waals surface area contributed by atoms with Crippen molar-refractivity contribution in [2.45, 2.75) is 19.4 Å². The lowest BCUT2D eigenvalue weighted by molar-refractivity contribution is 0.740. The van der Waals surface area contributed by atoms with E-state index >= 15 is 0 Å². The zero-order valence-electron chi connectivity index (χ0n) is 6.75. The predicted octanol–water partition coefficient (Wildman–Crippen LogP) is 0.370. The maximum absolute atomic E-state index is 5.71. The van der Waals surface area contributed by atoms with Crippen LogP contribution in [0.5, 0.6) is 0 Å². The van der Waals surface area contributed by atoms with Crippen LogP contribution in [0.3, 0.4) is 0 Å². The van der Waals surface area contributed by atoms with Crippen LogP contribution in [-0.2, 0) is 6.42 Å². The normalized spacial score (nSPS) is 12.9. The largest absolute Gasteiger partial charge is 0.328 e. The Labute approximate surface area is 69.0 Å². The van der Waals surface area contributed by atoms with E-state index < -0.39 is 0 Å². The van der Waals surface area contributed by atoms with Crippen molar-refractivity contribution in [3.8, 4) is 0 Å². The molecule has 0 aromatic heterocycles. The standard InChI is InChI=1S/C9H12BN/c1-7(11)6-8-4-2-3-5-9(8)10/h2-5,7H,6,11H2,1H3. The van der Waals surface area contributed by atoms with Crippen molar-refractivity contribution in [2.24, 2.45) is 5.73 Å². The molecular formula is C9H12BN. The van der Waals surface area contributed by atoms with Crippen molar-refractivity contribution >= 4 is 13.3 Å². The highest BCUT2D eigenvalue weighted by Crippen LogP contribution is 1.97. The smallest absolute Gasteiger partial charge is 0.114 e. The summed E-state index contributed by atoms with van der Waals surface area (Å²) in [6, 6.07) is 8.00. The second kappa shape index (κ2) is 3.58. The van der Waals surface area contributed by atoms with E-state index in [4.69, 9.17) is 13.6 Å². The SMILES string of the molecule is [B]c1ccccc1CC(C)N. The van der Waals surface area contributed by atoms with Gasteiger partial charge in [-0.15, -0.1) is 0 Å². The van der Waals surface area contributed by atoms with Crippen molar-refractivity contribution in [1.29, 1.82) is 0 Å². The van der Waals surface area contributed by atoms with Crippen molar-refractivity contribution < 1.29 is 0 Å². The van der Waals surface area contributed by atoms with E-state index in [2.05, 4.69) is 0 Å². The minimum atomic E-state index is 0.180. The van der Waals surface area contributed by atoms with E-state index in [1.807, 2.05) is 31.2 Å². The summed E-state index contributed by atoms with van der Waals surface area (Å²) in [6.07, 6.45) is 0.854. The van der Waals surface area contributed by atoms with Gasteiger partial charge in [-0.1, -0.05) is 35.3 Å². The summed E-state index contributed by atoms with van der Waals surface area (Å²) < 4.78 is 0. The summed E-state index contributed by atoms with van der Waals surface area (Å²) >= 11 is 0. The van der Waals surface area contributed by atoms with Gasteiger partial charge in [-0.05, 0) is 13.3 Å². The van der Waals surface area contributed by atoms with Crippen LogP contribution < -0.4 is 11.2 Å². The zero-order chi connectivity index (χ0) is 8.27. The molecule has 1 aromatic rings. The summed E-state index contributed by atoms with van der Waals surface area (Å²) in [7, 11) is 5.71. The third kappa shape index (κ3) is 2.39. The van der Waals surface area contributed by atoms with Crippen LogP contribution in [0.15, 0.2) is 24.3 Å². The Morgan fingerprint density at radius 1 is 1.45 bits per heavy atom. The second-order valence-electron chi connectivity index (χ2n) is 2.88. The number of nitrogens with two attached hydrogens (primary N) is 1. The average Bonchev–Trinajstić information content (AvgIpc) is 1.93. The Balaban J connectivity index is 2.78. The van der Waals surface area contributed by atoms with Gasteiger partial charge in [0.05, 0.1) is 0 Å². The van der Waals surface area contributed by atoms with Crippen molar-refractivity contribution in [3.05, 3.63) is 29.8 Å². The predicted molar refractivity (Wildman–Crippen MR) is 49.2 cm³/mol. The molecule has 0 saturated carbocycles. The highest BCUT2D eigenvalue weighted by molar-refractivity contribution is 6.33. The molecule has 0 saturated heterocycles.